The van der Waals surface area contributed by atoms with Crippen LogP contribution >= 0.6 is 11.8 Å². The lowest BCUT2D eigenvalue weighted by Gasteiger charge is -2.41. The second kappa shape index (κ2) is 7.22. The predicted octanol–water partition coefficient (Wildman–Crippen LogP) is 6.01. The molecular formula is C17H34S. The summed E-state index contributed by atoms with van der Waals surface area (Å²) in [5, 5.41) is 0. The van der Waals surface area contributed by atoms with Crippen molar-refractivity contribution in [3.63, 3.8) is 0 Å². The Hall–Kier alpha value is 0.350. The number of thioether (sulfide) groups is 1. The molecule has 0 bridgehead atoms. The third-order valence-electron chi connectivity index (χ3n) is 5.39. The summed E-state index contributed by atoms with van der Waals surface area (Å²) < 4.78 is 0.531. The summed E-state index contributed by atoms with van der Waals surface area (Å²) in [4.78, 5) is 0. The number of rotatable bonds is 7. The lowest BCUT2D eigenvalue weighted by Crippen LogP contribution is -2.38. The Balaban J connectivity index is 2.86. The van der Waals surface area contributed by atoms with Gasteiger partial charge in [-0.25, -0.2) is 0 Å². The zero-order valence-corrected chi connectivity index (χ0v) is 14.3. The third-order valence-corrected chi connectivity index (χ3v) is 6.88. The van der Waals surface area contributed by atoms with Gasteiger partial charge in [0.15, 0.2) is 0 Å². The van der Waals surface area contributed by atoms with Gasteiger partial charge in [-0.05, 0) is 49.7 Å². The van der Waals surface area contributed by atoms with Crippen LogP contribution in [0.15, 0.2) is 0 Å². The SMILES string of the molecule is CCCC(CCC)C1CCC(C(C)C)C1(C)SC. The first kappa shape index (κ1) is 16.4. The second-order valence-electron chi connectivity index (χ2n) is 6.76. The standard InChI is InChI=1S/C17H34S/c1-7-9-14(10-8-2)16-12-11-15(13(3)4)17(16,5)18-6/h13-16H,7-12H2,1-6H3. The molecule has 0 heterocycles. The van der Waals surface area contributed by atoms with Gasteiger partial charge in [-0.3, -0.25) is 0 Å². The summed E-state index contributed by atoms with van der Waals surface area (Å²) >= 11 is 2.16. The zero-order chi connectivity index (χ0) is 13.8. The van der Waals surface area contributed by atoms with E-state index in [1.807, 2.05) is 0 Å². The Morgan fingerprint density at radius 3 is 1.94 bits per heavy atom. The van der Waals surface area contributed by atoms with Crippen LogP contribution in [0.3, 0.4) is 0 Å². The van der Waals surface area contributed by atoms with Gasteiger partial charge in [-0.2, -0.15) is 11.8 Å². The van der Waals surface area contributed by atoms with Crippen molar-refractivity contribution < 1.29 is 0 Å². The van der Waals surface area contributed by atoms with Crippen molar-refractivity contribution in [2.75, 3.05) is 6.26 Å². The van der Waals surface area contributed by atoms with E-state index < -0.39 is 0 Å². The molecular weight excluding hydrogens is 236 g/mol. The molecule has 1 heteroatoms. The van der Waals surface area contributed by atoms with Crippen molar-refractivity contribution in [2.24, 2.45) is 23.7 Å². The Morgan fingerprint density at radius 2 is 1.56 bits per heavy atom. The first-order chi connectivity index (χ1) is 8.51. The summed E-state index contributed by atoms with van der Waals surface area (Å²) in [6, 6.07) is 0. The minimum atomic E-state index is 0.531. The maximum atomic E-state index is 2.57. The van der Waals surface area contributed by atoms with E-state index in [1.165, 1.54) is 38.5 Å². The topological polar surface area (TPSA) is 0 Å². The van der Waals surface area contributed by atoms with E-state index in [0.29, 0.717) is 4.75 Å². The van der Waals surface area contributed by atoms with Crippen LogP contribution in [0.5, 0.6) is 0 Å². The summed E-state index contributed by atoms with van der Waals surface area (Å²) in [5.74, 6) is 3.70. The van der Waals surface area contributed by atoms with E-state index in [2.05, 4.69) is 52.6 Å². The molecule has 0 aromatic carbocycles. The van der Waals surface area contributed by atoms with Crippen LogP contribution in [0.25, 0.3) is 0 Å². The molecule has 0 aliphatic heterocycles. The predicted molar refractivity (Wildman–Crippen MR) is 86.3 cm³/mol. The van der Waals surface area contributed by atoms with E-state index in [-0.39, 0.29) is 0 Å². The van der Waals surface area contributed by atoms with Gasteiger partial charge >= 0.3 is 0 Å². The van der Waals surface area contributed by atoms with Crippen LogP contribution in [-0.4, -0.2) is 11.0 Å². The summed E-state index contributed by atoms with van der Waals surface area (Å²) in [5.41, 5.74) is 0. The van der Waals surface area contributed by atoms with Crippen LogP contribution in [0.1, 0.15) is 73.1 Å². The summed E-state index contributed by atoms with van der Waals surface area (Å²) in [7, 11) is 0. The molecule has 1 rings (SSSR count). The number of hydrogen-bond acceptors (Lipinski definition) is 1. The molecule has 3 unspecified atom stereocenters. The highest BCUT2D eigenvalue weighted by atomic mass is 32.2. The maximum Gasteiger partial charge on any atom is 0.0190 e. The molecule has 0 N–H and O–H groups in total. The maximum absolute atomic E-state index is 2.57. The fourth-order valence-corrected chi connectivity index (χ4v) is 5.80. The van der Waals surface area contributed by atoms with Gasteiger partial charge in [0.2, 0.25) is 0 Å². The van der Waals surface area contributed by atoms with Gasteiger partial charge in [0.1, 0.15) is 0 Å². The molecule has 3 atom stereocenters. The molecule has 1 aliphatic carbocycles. The van der Waals surface area contributed by atoms with Gasteiger partial charge in [0, 0.05) is 4.75 Å². The second-order valence-corrected chi connectivity index (χ2v) is 8.05. The van der Waals surface area contributed by atoms with Gasteiger partial charge in [-0.15, -0.1) is 0 Å². The molecule has 108 valence electrons. The van der Waals surface area contributed by atoms with E-state index in [0.717, 1.165) is 23.7 Å². The highest BCUT2D eigenvalue weighted by Gasteiger charge is 2.49. The van der Waals surface area contributed by atoms with Crippen molar-refractivity contribution in [3.05, 3.63) is 0 Å². The van der Waals surface area contributed by atoms with Crippen molar-refractivity contribution >= 4 is 11.8 Å². The summed E-state index contributed by atoms with van der Waals surface area (Å²) in [6.45, 7) is 12.1. The van der Waals surface area contributed by atoms with Gasteiger partial charge in [0.05, 0.1) is 0 Å². The molecule has 0 aromatic rings. The van der Waals surface area contributed by atoms with E-state index in [9.17, 15) is 0 Å². The Morgan fingerprint density at radius 1 is 1.06 bits per heavy atom. The molecule has 0 spiro atoms. The molecule has 1 saturated carbocycles. The van der Waals surface area contributed by atoms with Crippen molar-refractivity contribution in [2.45, 2.75) is 77.9 Å². The fraction of sp³-hybridized carbons (Fsp3) is 1.00. The highest BCUT2D eigenvalue weighted by molar-refractivity contribution is 8.00. The first-order valence-electron chi connectivity index (χ1n) is 8.06. The largest absolute Gasteiger partial charge is 0.158 e. The van der Waals surface area contributed by atoms with Crippen molar-refractivity contribution in [1.82, 2.24) is 0 Å². The molecule has 0 aromatic heterocycles. The Labute approximate surface area is 120 Å². The Kier molecular flexibility index (Phi) is 6.58. The normalized spacial score (nSPS) is 32.7. The number of hydrogen-bond donors (Lipinski definition) is 0. The van der Waals surface area contributed by atoms with Crippen molar-refractivity contribution in [1.29, 1.82) is 0 Å². The molecule has 1 aliphatic rings. The zero-order valence-electron chi connectivity index (χ0n) is 13.5. The van der Waals surface area contributed by atoms with E-state index in [4.69, 9.17) is 0 Å². The molecule has 0 nitrogen and oxygen atoms in total. The highest BCUT2D eigenvalue weighted by Crippen LogP contribution is 2.55. The van der Waals surface area contributed by atoms with Gasteiger partial charge in [-0.1, -0.05) is 53.4 Å². The molecule has 0 radical (unpaired) electrons. The van der Waals surface area contributed by atoms with Crippen LogP contribution in [0.2, 0.25) is 0 Å². The lowest BCUT2D eigenvalue weighted by molar-refractivity contribution is 0.225. The third kappa shape index (κ3) is 3.26. The fourth-order valence-electron chi connectivity index (χ4n) is 4.50. The average molecular weight is 271 g/mol. The minimum Gasteiger partial charge on any atom is -0.158 e. The quantitative estimate of drug-likeness (QED) is 0.546. The average Bonchev–Trinajstić information content (AvgIpc) is 2.67. The first-order valence-corrected chi connectivity index (χ1v) is 9.28. The van der Waals surface area contributed by atoms with Crippen LogP contribution in [0, 0.1) is 23.7 Å². The van der Waals surface area contributed by atoms with E-state index >= 15 is 0 Å². The molecule has 1 fully saturated rings. The molecule has 0 amide bonds. The van der Waals surface area contributed by atoms with Crippen molar-refractivity contribution in [3.8, 4) is 0 Å². The van der Waals surface area contributed by atoms with Crippen LogP contribution in [-0.2, 0) is 0 Å². The monoisotopic (exact) mass is 270 g/mol. The summed E-state index contributed by atoms with van der Waals surface area (Å²) in [6.07, 6.45) is 10.9. The Bertz CT molecular complexity index is 230. The van der Waals surface area contributed by atoms with E-state index in [1.54, 1.807) is 0 Å². The molecule has 18 heavy (non-hydrogen) atoms. The molecule has 0 saturated heterocycles. The van der Waals surface area contributed by atoms with Gasteiger partial charge < -0.3 is 0 Å². The smallest absolute Gasteiger partial charge is 0.0190 e. The minimum absolute atomic E-state index is 0.531. The van der Waals surface area contributed by atoms with Crippen LogP contribution < -0.4 is 0 Å². The van der Waals surface area contributed by atoms with Crippen LogP contribution in [0.4, 0.5) is 0 Å². The lowest BCUT2D eigenvalue weighted by atomic mass is 9.75. The van der Waals surface area contributed by atoms with Gasteiger partial charge in [0.25, 0.3) is 0 Å².